The quantitative estimate of drug-likeness (QED) is 0.818. The molecule has 2 aliphatic heterocycles. The van der Waals surface area contributed by atoms with Crippen molar-refractivity contribution in [2.24, 2.45) is 5.92 Å². The molecule has 2 amide bonds. The molecule has 0 saturated carbocycles. The van der Waals surface area contributed by atoms with E-state index in [1.54, 1.807) is 21.6 Å². The van der Waals surface area contributed by atoms with E-state index < -0.39 is 12.0 Å². The number of carboxylic acids is 1. The second kappa shape index (κ2) is 6.00. The standard InChI is InChI=1S/C12H20N2O4S/c1-8(2)10-14(9(7-19-10)11(15)16)12(17)13-3-5-18-6-4-13/h8-10H,3-7H2,1-2H3,(H,15,16). The molecule has 0 aliphatic carbocycles. The highest BCUT2D eigenvalue weighted by Crippen LogP contribution is 2.34. The van der Waals surface area contributed by atoms with Gasteiger partial charge in [0.25, 0.3) is 0 Å². The van der Waals surface area contributed by atoms with E-state index in [-0.39, 0.29) is 17.3 Å². The molecule has 2 unspecified atom stereocenters. The number of rotatable bonds is 2. The Labute approximate surface area is 117 Å². The summed E-state index contributed by atoms with van der Waals surface area (Å²) >= 11 is 1.55. The van der Waals surface area contributed by atoms with E-state index in [1.165, 1.54) is 0 Å². The summed E-state index contributed by atoms with van der Waals surface area (Å²) in [7, 11) is 0. The molecule has 0 bridgehead atoms. The Hall–Kier alpha value is -0.950. The Morgan fingerprint density at radius 3 is 2.47 bits per heavy atom. The fraction of sp³-hybridized carbons (Fsp3) is 0.833. The number of carboxylic acid groups (broad SMARTS) is 1. The maximum atomic E-state index is 12.5. The van der Waals surface area contributed by atoms with Crippen LogP contribution in [0.25, 0.3) is 0 Å². The predicted molar refractivity (Wildman–Crippen MR) is 72.1 cm³/mol. The van der Waals surface area contributed by atoms with Crippen molar-refractivity contribution in [2.75, 3.05) is 32.1 Å². The van der Waals surface area contributed by atoms with Crippen molar-refractivity contribution in [1.29, 1.82) is 0 Å². The Kier molecular flexibility index (Phi) is 4.57. The first-order valence-corrected chi connectivity index (χ1v) is 7.56. The Bertz CT molecular complexity index is 358. The minimum absolute atomic E-state index is 0.0588. The van der Waals surface area contributed by atoms with Gasteiger partial charge in [0.05, 0.1) is 18.6 Å². The van der Waals surface area contributed by atoms with Crippen LogP contribution in [-0.2, 0) is 9.53 Å². The van der Waals surface area contributed by atoms with Gasteiger partial charge in [-0.15, -0.1) is 11.8 Å². The average Bonchev–Trinajstić information content (AvgIpc) is 2.83. The highest BCUT2D eigenvalue weighted by molar-refractivity contribution is 8.00. The first-order chi connectivity index (χ1) is 9.02. The van der Waals surface area contributed by atoms with Gasteiger partial charge in [-0.2, -0.15) is 0 Å². The van der Waals surface area contributed by atoms with E-state index >= 15 is 0 Å². The summed E-state index contributed by atoms with van der Waals surface area (Å²) in [5.41, 5.74) is 0. The van der Waals surface area contributed by atoms with Crippen LogP contribution >= 0.6 is 11.8 Å². The lowest BCUT2D eigenvalue weighted by Crippen LogP contribution is -2.55. The van der Waals surface area contributed by atoms with Crippen molar-refractivity contribution in [3.05, 3.63) is 0 Å². The molecule has 108 valence electrons. The van der Waals surface area contributed by atoms with Gasteiger partial charge in [0.2, 0.25) is 0 Å². The summed E-state index contributed by atoms with van der Waals surface area (Å²) in [5, 5.41) is 9.22. The maximum absolute atomic E-state index is 12.5. The van der Waals surface area contributed by atoms with Crippen molar-refractivity contribution in [3.63, 3.8) is 0 Å². The summed E-state index contributed by atoms with van der Waals surface area (Å²) < 4.78 is 5.23. The van der Waals surface area contributed by atoms with Crippen molar-refractivity contribution >= 4 is 23.8 Å². The zero-order chi connectivity index (χ0) is 14.0. The van der Waals surface area contributed by atoms with Gasteiger partial charge in [-0.1, -0.05) is 13.8 Å². The number of amides is 2. The molecule has 0 radical (unpaired) electrons. The van der Waals surface area contributed by atoms with Crippen molar-refractivity contribution in [1.82, 2.24) is 9.80 Å². The van der Waals surface area contributed by atoms with E-state index in [0.717, 1.165) is 0 Å². The van der Waals surface area contributed by atoms with E-state index in [1.807, 2.05) is 13.8 Å². The average molecular weight is 288 g/mol. The molecule has 19 heavy (non-hydrogen) atoms. The number of aliphatic carboxylic acids is 1. The molecule has 2 atom stereocenters. The predicted octanol–water partition coefficient (Wildman–Crippen LogP) is 0.923. The molecule has 0 spiro atoms. The molecule has 2 aliphatic rings. The Balaban J connectivity index is 2.15. The highest BCUT2D eigenvalue weighted by Gasteiger charge is 2.44. The molecule has 6 nitrogen and oxygen atoms in total. The highest BCUT2D eigenvalue weighted by atomic mass is 32.2. The zero-order valence-electron chi connectivity index (χ0n) is 11.2. The zero-order valence-corrected chi connectivity index (χ0v) is 12.1. The molecular formula is C12H20N2O4S. The van der Waals surface area contributed by atoms with Gasteiger partial charge in [-0.25, -0.2) is 9.59 Å². The number of hydrogen-bond acceptors (Lipinski definition) is 4. The Morgan fingerprint density at radius 1 is 1.32 bits per heavy atom. The molecule has 0 aromatic carbocycles. The van der Waals surface area contributed by atoms with Crippen LogP contribution in [0.15, 0.2) is 0 Å². The molecule has 2 fully saturated rings. The smallest absolute Gasteiger partial charge is 0.327 e. The lowest BCUT2D eigenvalue weighted by atomic mass is 10.1. The molecule has 0 aromatic rings. The summed E-state index contributed by atoms with van der Waals surface area (Å²) in [6.45, 7) is 6.16. The number of carbonyl (C=O) groups is 2. The molecular weight excluding hydrogens is 268 g/mol. The number of hydrogen-bond donors (Lipinski definition) is 1. The largest absolute Gasteiger partial charge is 0.480 e. The van der Waals surface area contributed by atoms with E-state index in [9.17, 15) is 14.7 Å². The maximum Gasteiger partial charge on any atom is 0.327 e. The van der Waals surface area contributed by atoms with Gasteiger partial charge in [-0.3, -0.25) is 4.90 Å². The number of ether oxygens (including phenoxy) is 1. The van der Waals surface area contributed by atoms with E-state index in [4.69, 9.17) is 4.74 Å². The third-order valence-electron chi connectivity index (χ3n) is 3.39. The van der Waals surface area contributed by atoms with Gasteiger partial charge in [-0.05, 0) is 5.92 Å². The van der Waals surface area contributed by atoms with Crippen LogP contribution in [0, 0.1) is 5.92 Å². The summed E-state index contributed by atoms with van der Waals surface area (Å²) in [5.74, 6) is -0.217. The van der Waals surface area contributed by atoms with E-state index in [0.29, 0.717) is 32.1 Å². The Morgan fingerprint density at radius 2 is 1.95 bits per heavy atom. The number of thioether (sulfide) groups is 1. The number of carbonyl (C=O) groups excluding carboxylic acids is 1. The van der Waals surface area contributed by atoms with Crippen LogP contribution in [0.1, 0.15) is 13.8 Å². The van der Waals surface area contributed by atoms with Gasteiger partial charge in [0.15, 0.2) is 0 Å². The molecule has 2 saturated heterocycles. The lowest BCUT2D eigenvalue weighted by molar-refractivity contribution is -0.141. The second-order valence-electron chi connectivity index (χ2n) is 5.11. The molecule has 1 N–H and O–H groups in total. The monoisotopic (exact) mass is 288 g/mol. The first kappa shape index (κ1) is 14.5. The summed E-state index contributed by atoms with van der Waals surface area (Å²) in [6, 6.07) is -0.882. The van der Waals surface area contributed by atoms with Crippen LogP contribution in [-0.4, -0.2) is 70.4 Å². The normalized spacial score (nSPS) is 27.9. The fourth-order valence-corrected chi connectivity index (χ4v) is 3.86. The first-order valence-electron chi connectivity index (χ1n) is 6.51. The van der Waals surface area contributed by atoms with Crippen molar-refractivity contribution < 1.29 is 19.4 Å². The fourth-order valence-electron chi connectivity index (χ4n) is 2.39. The lowest BCUT2D eigenvalue weighted by Gasteiger charge is -2.36. The molecule has 7 heteroatoms. The SMILES string of the molecule is CC(C)C1SCC(C(=O)O)N1C(=O)N1CCOCC1. The summed E-state index contributed by atoms with van der Waals surface area (Å²) in [6.07, 6.45) is 0. The number of nitrogens with zero attached hydrogens (tertiary/aromatic N) is 2. The van der Waals surface area contributed by atoms with Crippen LogP contribution < -0.4 is 0 Å². The van der Waals surface area contributed by atoms with Gasteiger partial charge < -0.3 is 14.7 Å². The third-order valence-corrected chi connectivity index (χ3v) is 5.01. The van der Waals surface area contributed by atoms with Gasteiger partial charge >= 0.3 is 12.0 Å². The van der Waals surface area contributed by atoms with Crippen molar-refractivity contribution in [3.8, 4) is 0 Å². The van der Waals surface area contributed by atoms with Crippen LogP contribution in [0.5, 0.6) is 0 Å². The number of morpholine rings is 1. The minimum atomic E-state index is -0.919. The van der Waals surface area contributed by atoms with Crippen LogP contribution in [0.3, 0.4) is 0 Å². The van der Waals surface area contributed by atoms with E-state index in [2.05, 4.69) is 0 Å². The molecule has 2 rings (SSSR count). The second-order valence-corrected chi connectivity index (χ2v) is 6.26. The van der Waals surface area contributed by atoms with Crippen LogP contribution in [0.2, 0.25) is 0 Å². The van der Waals surface area contributed by atoms with Crippen molar-refractivity contribution in [2.45, 2.75) is 25.3 Å². The summed E-state index contributed by atoms with van der Waals surface area (Å²) in [4.78, 5) is 27.1. The van der Waals surface area contributed by atoms with Crippen LogP contribution in [0.4, 0.5) is 4.79 Å². The number of urea groups is 1. The molecule has 0 aromatic heterocycles. The topological polar surface area (TPSA) is 70.1 Å². The van der Waals surface area contributed by atoms with Gasteiger partial charge in [0, 0.05) is 18.8 Å². The van der Waals surface area contributed by atoms with Gasteiger partial charge in [0.1, 0.15) is 6.04 Å². The minimum Gasteiger partial charge on any atom is -0.480 e. The third kappa shape index (κ3) is 2.97. The molecule has 2 heterocycles.